The molecular formula is C24H17ClFN5OS. The maximum absolute atomic E-state index is 14.2. The highest BCUT2D eigenvalue weighted by Gasteiger charge is 2.36. The minimum Gasteiger partial charge on any atom is -0.318 e. The van der Waals surface area contributed by atoms with Crippen molar-refractivity contribution in [3.8, 4) is 5.69 Å². The van der Waals surface area contributed by atoms with Crippen LogP contribution >= 0.6 is 23.4 Å². The highest BCUT2D eigenvalue weighted by molar-refractivity contribution is 8.27. The molecule has 0 radical (unpaired) electrons. The lowest BCUT2D eigenvalue weighted by atomic mass is 10.1. The van der Waals surface area contributed by atoms with Gasteiger partial charge in [0.1, 0.15) is 10.9 Å². The molecule has 2 aliphatic rings. The fourth-order valence-electron chi connectivity index (χ4n) is 3.81. The molecule has 2 aliphatic heterocycles. The quantitative estimate of drug-likeness (QED) is 0.502. The number of hydrogen-bond donors (Lipinski definition) is 1. The first-order valence-electron chi connectivity index (χ1n) is 10.0. The van der Waals surface area contributed by atoms with Crippen molar-refractivity contribution in [2.75, 3.05) is 0 Å². The molecule has 164 valence electrons. The van der Waals surface area contributed by atoms with Crippen molar-refractivity contribution < 1.29 is 9.18 Å². The maximum Gasteiger partial charge on any atom is 0.283 e. The van der Waals surface area contributed by atoms with Crippen LogP contribution in [0.25, 0.3) is 11.8 Å². The molecule has 3 heterocycles. The molecule has 9 heteroatoms. The van der Waals surface area contributed by atoms with Crippen LogP contribution in [0.2, 0.25) is 5.02 Å². The van der Waals surface area contributed by atoms with Crippen LogP contribution in [0.4, 0.5) is 4.39 Å². The predicted molar refractivity (Wildman–Crippen MR) is 131 cm³/mol. The zero-order chi connectivity index (χ0) is 23.3. The third-order valence-electron chi connectivity index (χ3n) is 5.41. The molecule has 0 spiro atoms. The summed E-state index contributed by atoms with van der Waals surface area (Å²) in [5.41, 5.74) is 4.03. The van der Waals surface area contributed by atoms with E-state index < -0.39 is 11.7 Å². The van der Waals surface area contributed by atoms with Gasteiger partial charge in [-0.25, -0.2) is 4.39 Å². The van der Waals surface area contributed by atoms with E-state index in [4.69, 9.17) is 17.0 Å². The third-order valence-corrected chi connectivity index (χ3v) is 6.61. The number of aromatic nitrogens is 1. The van der Waals surface area contributed by atoms with Gasteiger partial charge in [0.2, 0.25) is 5.17 Å². The minimum absolute atomic E-state index is 0.0971. The van der Waals surface area contributed by atoms with E-state index in [2.05, 4.69) is 14.7 Å². The highest BCUT2D eigenvalue weighted by atomic mass is 35.5. The van der Waals surface area contributed by atoms with Crippen LogP contribution in [-0.4, -0.2) is 31.5 Å². The summed E-state index contributed by atoms with van der Waals surface area (Å²) in [6.45, 7) is 3.91. The summed E-state index contributed by atoms with van der Waals surface area (Å²) in [5, 5.41) is 15.5. The zero-order valence-electron chi connectivity index (χ0n) is 17.6. The van der Waals surface area contributed by atoms with Crippen LogP contribution in [0.5, 0.6) is 0 Å². The van der Waals surface area contributed by atoms with Crippen molar-refractivity contribution in [2.24, 2.45) is 10.1 Å². The number of aryl methyl sites for hydroxylation is 1. The Balaban J connectivity index is 1.52. The summed E-state index contributed by atoms with van der Waals surface area (Å²) in [7, 11) is 0. The first kappa shape index (κ1) is 21.4. The number of carbonyl (C=O) groups excluding carboxylic acids is 1. The summed E-state index contributed by atoms with van der Waals surface area (Å²) >= 11 is 7.09. The summed E-state index contributed by atoms with van der Waals surface area (Å²) in [6.07, 6.45) is 1.65. The number of nitrogens with zero attached hydrogens (tertiary/aromatic N) is 4. The number of amides is 1. The number of aliphatic imine (C=N–C) groups is 1. The molecule has 0 atom stereocenters. The molecule has 1 aromatic heterocycles. The average molecular weight is 478 g/mol. The normalized spacial score (nSPS) is 16.8. The number of halogens is 2. The number of thioether (sulfide) groups is 1. The molecule has 0 unspecified atom stereocenters. The number of benzene rings is 2. The van der Waals surface area contributed by atoms with Crippen LogP contribution < -0.4 is 0 Å². The number of carbonyl (C=O) groups is 1. The topological polar surface area (TPSA) is 73.8 Å². The van der Waals surface area contributed by atoms with Crippen molar-refractivity contribution in [1.82, 2.24) is 9.58 Å². The second-order valence-corrected chi connectivity index (χ2v) is 8.94. The van der Waals surface area contributed by atoms with Crippen molar-refractivity contribution >= 4 is 51.4 Å². The lowest BCUT2D eigenvalue weighted by molar-refractivity contribution is -0.114. The van der Waals surface area contributed by atoms with E-state index in [1.165, 1.54) is 11.1 Å². The lowest BCUT2D eigenvalue weighted by Gasteiger charge is -2.20. The van der Waals surface area contributed by atoms with Crippen LogP contribution in [-0.2, 0) is 4.79 Å². The Hall–Kier alpha value is -3.49. The minimum atomic E-state index is -0.528. The standard InChI is InChI=1S/C24H17ClFN5OS/c1-13-11-15(14(2)30(13)17-9-7-16(25)8-10-17)12-19-21(27)31-24(28-22(19)32)33-23(29-31)18-5-3-4-6-20(18)26/h3-12,27H,1-2H3. The van der Waals surface area contributed by atoms with E-state index in [0.717, 1.165) is 34.4 Å². The Bertz CT molecular complexity index is 1420. The number of nitrogens with one attached hydrogen (secondary N) is 1. The Labute approximate surface area is 198 Å². The molecule has 1 amide bonds. The SMILES string of the molecule is Cc1cc(C=C2C(=N)N3N=C(c4ccccc4F)SC3=NC2=O)c(C)n1-c1ccc(Cl)cc1. The Kier molecular flexibility index (Phi) is 5.26. The van der Waals surface area contributed by atoms with Crippen molar-refractivity contribution in [1.29, 1.82) is 5.41 Å². The molecular weight excluding hydrogens is 461 g/mol. The summed E-state index contributed by atoms with van der Waals surface area (Å²) < 4.78 is 16.3. The molecule has 0 saturated heterocycles. The van der Waals surface area contributed by atoms with Gasteiger partial charge < -0.3 is 4.57 Å². The molecule has 33 heavy (non-hydrogen) atoms. The zero-order valence-corrected chi connectivity index (χ0v) is 19.2. The third kappa shape index (κ3) is 3.71. The van der Waals surface area contributed by atoms with Gasteiger partial charge in [0, 0.05) is 27.7 Å². The van der Waals surface area contributed by atoms with Gasteiger partial charge in [0.25, 0.3) is 5.91 Å². The van der Waals surface area contributed by atoms with Gasteiger partial charge in [0.05, 0.1) is 5.57 Å². The molecule has 3 aromatic rings. The van der Waals surface area contributed by atoms with Crippen molar-refractivity contribution in [3.05, 3.63) is 93.5 Å². The fourth-order valence-corrected chi connectivity index (χ4v) is 4.86. The summed E-state index contributed by atoms with van der Waals surface area (Å²) in [6, 6.07) is 15.7. The number of fused-ring (bicyclic) bond motifs is 1. The summed E-state index contributed by atoms with van der Waals surface area (Å²) in [4.78, 5) is 16.9. The summed E-state index contributed by atoms with van der Waals surface area (Å²) in [5.74, 6) is -1.05. The fraction of sp³-hybridized carbons (Fsp3) is 0.0833. The molecule has 1 N–H and O–H groups in total. The van der Waals surface area contributed by atoms with Gasteiger partial charge >= 0.3 is 0 Å². The average Bonchev–Trinajstić information content (AvgIpc) is 3.33. The number of amidine groups is 2. The molecule has 0 saturated carbocycles. The van der Waals surface area contributed by atoms with E-state index in [0.29, 0.717) is 15.6 Å². The number of rotatable bonds is 3. The second kappa shape index (κ2) is 8.13. The van der Waals surface area contributed by atoms with E-state index in [1.54, 1.807) is 24.3 Å². The van der Waals surface area contributed by atoms with Gasteiger partial charge in [-0.1, -0.05) is 23.7 Å². The van der Waals surface area contributed by atoms with Crippen LogP contribution in [0.15, 0.2) is 70.3 Å². The molecule has 0 bridgehead atoms. The van der Waals surface area contributed by atoms with E-state index >= 15 is 0 Å². The Morgan fingerprint density at radius 2 is 1.85 bits per heavy atom. The molecule has 0 fully saturated rings. The maximum atomic E-state index is 14.2. The van der Waals surface area contributed by atoms with Gasteiger partial charge in [-0.05, 0) is 79.7 Å². The second-order valence-electron chi connectivity index (χ2n) is 7.54. The van der Waals surface area contributed by atoms with Gasteiger partial charge in [-0.2, -0.15) is 15.1 Å². The smallest absolute Gasteiger partial charge is 0.283 e. The molecule has 5 rings (SSSR count). The largest absolute Gasteiger partial charge is 0.318 e. The molecule has 6 nitrogen and oxygen atoms in total. The highest BCUT2D eigenvalue weighted by Crippen LogP contribution is 2.32. The van der Waals surface area contributed by atoms with Crippen LogP contribution in [0, 0.1) is 25.1 Å². The van der Waals surface area contributed by atoms with Crippen molar-refractivity contribution in [2.45, 2.75) is 13.8 Å². The first-order chi connectivity index (χ1) is 15.8. The van der Waals surface area contributed by atoms with E-state index in [1.807, 2.05) is 44.2 Å². The molecule has 2 aromatic carbocycles. The predicted octanol–water partition coefficient (Wildman–Crippen LogP) is 5.55. The Morgan fingerprint density at radius 1 is 1.12 bits per heavy atom. The number of hydrazone groups is 1. The van der Waals surface area contributed by atoms with Gasteiger partial charge in [-0.15, -0.1) is 0 Å². The van der Waals surface area contributed by atoms with Crippen molar-refractivity contribution in [3.63, 3.8) is 0 Å². The van der Waals surface area contributed by atoms with Gasteiger partial charge in [-0.3, -0.25) is 10.2 Å². The van der Waals surface area contributed by atoms with E-state index in [9.17, 15) is 9.18 Å². The van der Waals surface area contributed by atoms with E-state index in [-0.39, 0.29) is 16.6 Å². The monoisotopic (exact) mass is 477 g/mol. The van der Waals surface area contributed by atoms with Crippen LogP contribution in [0.3, 0.4) is 0 Å². The van der Waals surface area contributed by atoms with Crippen LogP contribution in [0.1, 0.15) is 22.5 Å². The van der Waals surface area contributed by atoms with Gasteiger partial charge in [0.15, 0.2) is 5.84 Å². The lowest BCUT2D eigenvalue weighted by Crippen LogP contribution is -2.35. The Morgan fingerprint density at radius 3 is 2.58 bits per heavy atom. The molecule has 0 aliphatic carbocycles. The first-order valence-corrected chi connectivity index (χ1v) is 11.2. The number of hydrogen-bond acceptors (Lipinski definition) is 4.